The minimum atomic E-state index is -1.33. The molecule has 13 nitrogen and oxygen atoms in total. The Balaban J connectivity index is 1.29. The van der Waals surface area contributed by atoms with E-state index in [2.05, 4.69) is 26.0 Å². The average Bonchev–Trinajstić information content (AvgIpc) is 3.53. The molecule has 0 spiro atoms. The monoisotopic (exact) mass is 631 g/mol. The van der Waals surface area contributed by atoms with Crippen LogP contribution in [0.5, 0.6) is 0 Å². The quantitative estimate of drug-likeness (QED) is 0.360. The zero-order valence-corrected chi connectivity index (χ0v) is 26.1. The Hall–Kier alpha value is -4.42. The fourth-order valence-corrected chi connectivity index (χ4v) is 6.99. The Morgan fingerprint density at radius 1 is 1.02 bits per heavy atom. The first kappa shape index (κ1) is 31.6. The SMILES string of the molecule is CC(=O)C(=O)[C@@]12C[C@H]1/C=C\CCCCC[C@H](NC(=O)OC1CCCC1)C(=O)N1C[C@H](n3nnc(-c4ccccc4)n3)C[C@H]1C(=O)N2. The molecular weight excluding hydrogens is 590 g/mol. The van der Waals surface area contributed by atoms with Crippen molar-refractivity contribution in [1.82, 2.24) is 35.7 Å². The van der Waals surface area contributed by atoms with E-state index in [4.69, 9.17) is 4.74 Å². The predicted molar refractivity (Wildman–Crippen MR) is 165 cm³/mol. The van der Waals surface area contributed by atoms with Crippen LogP contribution in [0.3, 0.4) is 0 Å². The number of tetrazole rings is 1. The number of Topliss-reactive ketones (excluding diaryl/α,β-unsaturated/α-hetero) is 2. The van der Waals surface area contributed by atoms with Crippen LogP contribution >= 0.6 is 0 Å². The molecule has 2 aliphatic carbocycles. The number of fused-ring (bicyclic) bond motifs is 2. The second-order valence-corrected chi connectivity index (χ2v) is 12.9. The van der Waals surface area contributed by atoms with Gasteiger partial charge in [0, 0.05) is 31.4 Å². The smallest absolute Gasteiger partial charge is 0.408 e. The standard InChI is InChI=1S/C33H41N7O6/c1-21(41)28(42)33-19-23(33)14-8-3-2-4-9-17-26(34-32(45)46-25-15-10-11-16-25)31(44)39-20-24(18-27(39)30(43)35-33)40-37-29(36-38-40)22-12-6-5-7-13-22/h5-8,12-14,23-27H,2-4,9-11,15-20H2,1H3,(H,34,45)(H,35,43)/b14-8-/t23-,24-,26+,27+,33-/m1/s1. The Labute approximate surface area is 267 Å². The van der Waals surface area contributed by atoms with Crippen LogP contribution in [-0.4, -0.2) is 84.9 Å². The summed E-state index contributed by atoms with van der Waals surface area (Å²) in [5.74, 6) is -2.12. The summed E-state index contributed by atoms with van der Waals surface area (Å²) in [5, 5.41) is 18.7. The van der Waals surface area contributed by atoms with Crippen molar-refractivity contribution in [2.45, 2.75) is 107 Å². The molecule has 2 aromatic rings. The number of hydrogen-bond donors (Lipinski definition) is 2. The van der Waals surface area contributed by atoms with Crippen molar-refractivity contribution < 1.29 is 28.7 Å². The fraction of sp³-hybridized carbons (Fsp3) is 0.576. The molecule has 46 heavy (non-hydrogen) atoms. The summed E-state index contributed by atoms with van der Waals surface area (Å²) in [6.07, 6.45) is 10.7. The van der Waals surface area contributed by atoms with Crippen LogP contribution in [0.4, 0.5) is 4.79 Å². The Kier molecular flexibility index (Phi) is 9.27. The first-order valence-corrected chi connectivity index (χ1v) is 16.4. The molecule has 2 N–H and O–H groups in total. The molecule has 13 heteroatoms. The van der Waals surface area contributed by atoms with Crippen LogP contribution in [0.2, 0.25) is 0 Å². The molecular formula is C33H41N7O6. The van der Waals surface area contributed by atoms with Crippen molar-refractivity contribution in [3.05, 3.63) is 42.5 Å². The van der Waals surface area contributed by atoms with Gasteiger partial charge in [-0.3, -0.25) is 19.2 Å². The predicted octanol–water partition coefficient (Wildman–Crippen LogP) is 3.07. The second kappa shape index (κ2) is 13.5. The van der Waals surface area contributed by atoms with E-state index >= 15 is 0 Å². The van der Waals surface area contributed by atoms with Gasteiger partial charge in [-0.1, -0.05) is 55.3 Å². The van der Waals surface area contributed by atoms with Crippen LogP contribution in [0.1, 0.15) is 83.6 Å². The van der Waals surface area contributed by atoms with Gasteiger partial charge >= 0.3 is 6.09 Å². The number of hydrogen-bond acceptors (Lipinski definition) is 9. The number of carbonyl (C=O) groups excluding carboxylic acids is 5. The summed E-state index contributed by atoms with van der Waals surface area (Å²) < 4.78 is 5.63. The van der Waals surface area contributed by atoms with Gasteiger partial charge in [0.15, 0.2) is 5.78 Å². The van der Waals surface area contributed by atoms with E-state index in [-0.39, 0.29) is 25.0 Å². The van der Waals surface area contributed by atoms with Crippen LogP contribution in [-0.2, 0) is 23.9 Å². The molecule has 4 aliphatic rings. The number of alkyl carbamates (subject to hydrolysis) is 1. The average molecular weight is 632 g/mol. The zero-order chi connectivity index (χ0) is 32.3. The molecule has 244 valence electrons. The summed E-state index contributed by atoms with van der Waals surface area (Å²) in [6, 6.07) is 6.96. The van der Waals surface area contributed by atoms with Crippen molar-refractivity contribution in [2.75, 3.05) is 6.54 Å². The summed E-state index contributed by atoms with van der Waals surface area (Å²) in [5.41, 5.74) is -0.556. The lowest BCUT2D eigenvalue weighted by atomic mass is 10.0. The third kappa shape index (κ3) is 6.73. The van der Waals surface area contributed by atoms with Gasteiger partial charge in [-0.05, 0) is 56.6 Å². The highest BCUT2D eigenvalue weighted by molar-refractivity contribution is 6.41. The number of nitrogens with zero attached hydrogens (tertiary/aromatic N) is 5. The maximum atomic E-state index is 14.3. The summed E-state index contributed by atoms with van der Waals surface area (Å²) >= 11 is 0. The van der Waals surface area contributed by atoms with E-state index in [0.29, 0.717) is 25.1 Å². The van der Waals surface area contributed by atoms with Crippen LogP contribution in [0.25, 0.3) is 11.4 Å². The lowest BCUT2D eigenvalue weighted by Gasteiger charge is -2.30. The van der Waals surface area contributed by atoms with Crippen molar-refractivity contribution in [3.63, 3.8) is 0 Å². The largest absolute Gasteiger partial charge is 0.446 e. The summed E-state index contributed by atoms with van der Waals surface area (Å²) in [4.78, 5) is 69.5. The number of benzene rings is 1. The number of carbonyl (C=O) groups is 5. The van der Waals surface area contributed by atoms with E-state index in [1.807, 2.05) is 42.5 Å². The van der Waals surface area contributed by atoms with Crippen molar-refractivity contribution in [1.29, 1.82) is 0 Å². The lowest BCUT2D eigenvalue weighted by molar-refractivity contribution is -0.142. The minimum Gasteiger partial charge on any atom is -0.446 e. The fourth-order valence-electron chi connectivity index (χ4n) is 6.99. The first-order valence-electron chi connectivity index (χ1n) is 16.4. The summed E-state index contributed by atoms with van der Waals surface area (Å²) in [7, 11) is 0. The number of allylic oxidation sites excluding steroid dienone is 1. The third-order valence-corrected chi connectivity index (χ3v) is 9.64. The number of amides is 3. The van der Waals surface area contributed by atoms with Crippen LogP contribution < -0.4 is 10.6 Å². The van der Waals surface area contributed by atoms with Gasteiger partial charge in [0.05, 0.1) is 6.04 Å². The molecule has 3 fully saturated rings. The second-order valence-electron chi connectivity index (χ2n) is 12.9. The molecule has 0 unspecified atom stereocenters. The zero-order valence-electron chi connectivity index (χ0n) is 26.1. The Morgan fingerprint density at radius 2 is 1.78 bits per heavy atom. The highest BCUT2D eigenvalue weighted by Gasteiger charge is 2.61. The van der Waals surface area contributed by atoms with Crippen LogP contribution in [0, 0.1) is 5.92 Å². The van der Waals surface area contributed by atoms with Gasteiger partial charge in [-0.2, -0.15) is 4.80 Å². The number of nitrogens with one attached hydrogen (secondary N) is 2. The van der Waals surface area contributed by atoms with Crippen molar-refractivity contribution in [2.24, 2.45) is 5.92 Å². The van der Waals surface area contributed by atoms with E-state index in [0.717, 1.165) is 50.5 Å². The molecule has 3 heterocycles. The van der Waals surface area contributed by atoms with Crippen molar-refractivity contribution >= 4 is 29.5 Å². The van der Waals surface area contributed by atoms with Gasteiger partial charge in [-0.25, -0.2) is 4.79 Å². The molecule has 0 bridgehead atoms. The highest BCUT2D eigenvalue weighted by atomic mass is 16.6. The number of ether oxygens (including phenoxy) is 1. The highest BCUT2D eigenvalue weighted by Crippen LogP contribution is 2.46. The molecule has 2 saturated carbocycles. The Morgan fingerprint density at radius 3 is 2.54 bits per heavy atom. The maximum Gasteiger partial charge on any atom is 0.408 e. The number of ketones is 2. The maximum absolute atomic E-state index is 14.3. The van der Waals surface area contributed by atoms with Gasteiger partial charge in [-0.15, -0.1) is 10.2 Å². The molecule has 1 aromatic carbocycles. The van der Waals surface area contributed by atoms with Gasteiger partial charge in [0.25, 0.3) is 0 Å². The normalized spacial score (nSPS) is 29.5. The van der Waals surface area contributed by atoms with E-state index in [1.54, 1.807) is 0 Å². The molecule has 2 aliphatic heterocycles. The van der Waals surface area contributed by atoms with Crippen molar-refractivity contribution in [3.8, 4) is 11.4 Å². The molecule has 3 amide bonds. The van der Waals surface area contributed by atoms with Crippen LogP contribution in [0.15, 0.2) is 42.5 Å². The molecule has 1 saturated heterocycles. The summed E-state index contributed by atoms with van der Waals surface area (Å²) in [6.45, 7) is 1.30. The topological polar surface area (TPSA) is 165 Å². The molecule has 6 rings (SSSR count). The van der Waals surface area contributed by atoms with Gasteiger partial charge in [0.2, 0.25) is 23.4 Å². The van der Waals surface area contributed by atoms with E-state index in [9.17, 15) is 24.0 Å². The molecule has 5 atom stereocenters. The first-order chi connectivity index (χ1) is 22.2. The third-order valence-electron chi connectivity index (χ3n) is 9.64. The van der Waals surface area contributed by atoms with E-state index < -0.39 is 53.1 Å². The number of aromatic nitrogens is 4. The van der Waals surface area contributed by atoms with Gasteiger partial charge in [0.1, 0.15) is 23.7 Å². The lowest BCUT2D eigenvalue weighted by Crippen LogP contribution is -2.57. The number of rotatable bonds is 6. The molecule has 1 aromatic heterocycles. The van der Waals surface area contributed by atoms with Gasteiger partial charge < -0.3 is 20.3 Å². The molecule has 0 radical (unpaired) electrons. The van der Waals surface area contributed by atoms with E-state index in [1.165, 1.54) is 16.6 Å². The minimum absolute atomic E-state index is 0.0916. The Bertz CT molecular complexity index is 1500.